The average molecular weight is 420 g/mol. The zero-order chi connectivity index (χ0) is 20.2. The van der Waals surface area contributed by atoms with Crippen LogP contribution in [0.3, 0.4) is 0 Å². The van der Waals surface area contributed by atoms with Crippen molar-refractivity contribution in [3.8, 4) is 0 Å². The lowest BCUT2D eigenvalue weighted by Crippen LogP contribution is -2.43. The summed E-state index contributed by atoms with van der Waals surface area (Å²) in [6, 6.07) is 7.61. The second-order valence-corrected chi connectivity index (χ2v) is 6.55. The van der Waals surface area contributed by atoms with E-state index in [-0.39, 0.29) is 22.0 Å². The van der Waals surface area contributed by atoms with E-state index in [4.69, 9.17) is 23.2 Å². The molecule has 0 saturated heterocycles. The van der Waals surface area contributed by atoms with Crippen molar-refractivity contribution in [3.63, 3.8) is 0 Å². The Bertz CT molecular complexity index is 836. The summed E-state index contributed by atoms with van der Waals surface area (Å²) in [6.07, 6.45) is -5.09. The smallest absolute Gasteiger partial charge is 0.416 e. The first kappa shape index (κ1) is 21.1. The number of nitrogens with one attached hydrogen (secondary N) is 1. The van der Waals surface area contributed by atoms with Gasteiger partial charge >= 0.3 is 12.1 Å². The van der Waals surface area contributed by atoms with E-state index >= 15 is 0 Å². The molecule has 9 heteroatoms. The van der Waals surface area contributed by atoms with Crippen LogP contribution in [0.15, 0.2) is 42.5 Å². The van der Waals surface area contributed by atoms with E-state index in [1.54, 1.807) is 6.07 Å². The van der Waals surface area contributed by atoms with Crippen LogP contribution >= 0.6 is 23.2 Å². The first-order chi connectivity index (χ1) is 12.6. The summed E-state index contributed by atoms with van der Waals surface area (Å²) >= 11 is 12.0. The van der Waals surface area contributed by atoms with E-state index in [1.165, 1.54) is 24.3 Å². The van der Waals surface area contributed by atoms with Crippen molar-refractivity contribution in [1.82, 2.24) is 5.32 Å². The minimum Gasteiger partial charge on any atom is -0.480 e. The number of hydrogen-bond donors (Lipinski definition) is 2. The highest BCUT2D eigenvalue weighted by atomic mass is 35.5. The molecule has 0 aromatic heterocycles. The normalized spacial score (nSPS) is 12.5. The fourth-order valence-corrected chi connectivity index (χ4v) is 2.97. The Morgan fingerprint density at radius 2 is 1.67 bits per heavy atom. The number of aliphatic carboxylic acids is 1. The molecule has 0 aliphatic carbocycles. The van der Waals surface area contributed by atoms with Crippen molar-refractivity contribution < 1.29 is 27.9 Å². The first-order valence-electron chi connectivity index (χ1n) is 7.69. The first-order valence-corrected chi connectivity index (χ1v) is 8.44. The molecule has 4 nitrogen and oxygen atoms in total. The van der Waals surface area contributed by atoms with Crippen LogP contribution < -0.4 is 5.32 Å². The molecule has 2 rings (SSSR count). The van der Waals surface area contributed by atoms with Gasteiger partial charge in [-0.1, -0.05) is 47.5 Å². The number of halogens is 5. The minimum atomic E-state index is -4.53. The number of amides is 1. The van der Waals surface area contributed by atoms with E-state index in [0.29, 0.717) is 5.56 Å². The molecule has 0 bridgehead atoms. The van der Waals surface area contributed by atoms with E-state index in [2.05, 4.69) is 5.32 Å². The Morgan fingerprint density at radius 3 is 2.22 bits per heavy atom. The number of carbonyl (C=O) groups is 2. The molecule has 2 N–H and O–H groups in total. The van der Waals surface area contributed by atoms with E-state index in [1.807, 2.05) is 0 Å². The van der Waals surface area contributed by atoms with Crippen molar-refractivity contribution in [2.75, 3.05) is 0 Å². The third-order valence-electron chi connectivity index (χ3n) is 3.72. The molecular weight excluding hydrogens is 406 g/mol. The Hall–Kier alpha value is -2.25. The van der Waals surface area contributed by atoms with E-state index in [9.17, 15) is 27.9 Å². The Morgan fingerprint density at radius 1 is 1.07 bits per heavy atom. The third kappa shape index (κ3) is 5.87. The minimum absolute atomic E-state index is 0.113. The topological polar surface area (TPSA) is 66.4 Å². The molecule has 0 radical (unpaired) electrons. The molecule has 0 saturated carbocycles. The third-order valence-corrected chi connectivity index (χ3v) is 4.43. The molecule has 0 unspecified atom stereocenters. The van der Waals surface area contributed by atoms with Gasteiger partial charge in [0.25, 0.3) is 0 Å². The second kappa shape index (κ2) is 8.63. The molecule has 144 valence electrons. The Balaban J connectivity index is 2.11. The highest BCUT2D eigenvalue weighted by molar-refractivity contribution is 6.36. The van der Waals surface area contributed by atoms with Gasteiger partial charge in [-0.05, 0) is 29.3 Å². The van der Waals surface area contributed by atoms with Gasteiger partial charge in [0.2, 0.25) is 5.91 Å². The van der Waals surface area contributed by atoms with Crippen molar-refractivity contribution in [2.45, 2.75) is 25.1 Å². The summed E-state index contributed by atoms with van der Waals surface area (Å²) in [4.78, 5) is 23.6. The van der Waals surface area contributed by atoms with Gasteiger partial charge in [0.1, 0.15) is 6.04 Å². The Kier molecular flexibility index (Phi) is 6.73. The molecule has 27 heavy (non-hydrogen) atoms. The summed E-state index contributed by atoms with van der Waals surface area (Å²) in [7, 11) is 0. The lowest BCUT2D eigenvalue weighted by atomic mass is 10.0. The van der Waals surface area contributed by atoms with Crippen LogP contribution in [-0.4, -0.2) is 23.0 Å². The summed E-state index contributed by atoms with van der Waals surface area (Å²) in [5.41, 5.74) is -0.416. The maximum atomic E-state index is 12.7. The van der Waals surface area contributed by atoms with Gasteiger partial charge in [0, 0.05) is 16.5 Å². The molecule has 0 aliphatic rings. The van der Waals surface area contributed by atoms with Crippen LogP contribution in [0, 0.1) is 0 Å². The SMILES string of the molecule is O=C(Cc1cccc(C(F)(F)F)c1)N[C@H](Cc1c(Cl)cccc1Cl)C(=O)O. The van der Waals surface area contributed by atoms with Gasteiger partial charge < -0.3 is 10.4 Å². The van der Waals surface area contributed by atoms with E-state index < -0.39 is 36.1 Å². The second-order valence-electron chi connectivity index (χ2n) is 5.74. The van der Waals surface area contributed by atoms with Crippen LogP contribution in [0.2, 0.25) is 10.0 Å². The van der Waals surface area contributed by atoms with Crippen molar-refractivity contribution in [2.24, 2.45) is 0 Å². The summed E-state index contributed by atoms with van der Waals surface area (Å²) in [5.74, 6) is -2.05. The van der Waals surface area contributed by atoms with Gasteiger partial charge in [0.15, 0.2) is 0 Å². The zero-order valence-electron chi connectivity index (χ0n) is 13.7. The number of carboxylic acids is 1. The lowest BCUT2D eigenvalue weighted by molar-refractivity contribution is -0.141. The maximum absolute atomic E-state index is 12.7. The number of benzene rings is 2. The molecule has 2 aromatic rings. The number of rotatable bonds is 6. The van der Waals surface area contributed by atoms with Crippen LogP contribution in [0.1, 0.15) is 16.7 Å². The molecule has 2 aromatic carbocycles. The molecule has 0 spiro atoms. The standard InChI is InChI=1S/C18H14Cl2F3NO3/c19-13-5-2-6-14(20)12(13)9-15(17(26)27)24-16(25)8-10-3-1-4-11(7-10)18(21,22)23/h1-7,15H,8-9H2,(H,24,25)(H,26,27)/t15-/m1/s1. The molecule has 1 atom stereocenters. The van der Waals surface area contributed by atoms with Gasteiger partial charge in [0.05, 0.1) is 12.0 Å². The molecule has 0 aliphatic heterocycles. The highest BCUT2D eigenvalue weighted by Gasteiger charge is 2.30. The molecule has 1 amide bonds. The predicted octanol–water partition coefficient (Wildman–Crippen LogP) is 4.37. The molecular formula is C18H14Cl2F3NO3. The number of carbonyl (C=O) groups excluding carboxylic acids is 1. The highest BCUT2D eigenvalue weighted by Crippen LogP contribution is 2.29. The number of alkyl halides is 3. The van der Waals surface area contributed by atoms with Gasteiger partial charge in [-0.15, -0.1) is 0 Å². The predicted molar refractivity (Wildman–Crippen MR) is 94.9 cm³/mol. The number of hydrogen-bond acceptors (Lipinski definition) is 2. The van der Waals surface area contributed by atoms with Crippen LogP contribution in [0.4, 0.5) is 13.2 Å². The lowest BCUT2D eigenvalue weighted by Gasteiger charge is -2.16. The zero-order valence-corrected chi connectivity index (χ0v) is 15.2. The van der Waals surface area contributed by atoms with Crippen molar-refractivity contribution in [1.29, 1.82) is 0 Å². The van der Waals surface area contributed by atoms with Gasteiger partial charge in [-0.3, -0.25) is 4.79 Å². The van der Waals surface area contributed by atoms with Crippen molar-refractivity contribution >= 4 is 35.1 Å². The monoisotopic (exact) mass is 419 g/mol. The molecule has 0 fully saturated rings. The van der Waals surface area contributed by atoms with Gasteiger partial charge in [-0.25, -0.2) is 4.79 Å². The number of carboxylic acid groups (broad SMARTS) is 1. The van der Waals surface area contributed by atoms with Crippen LogP contribution in [0.25, 0.3) is 0 Å². The summed E-state index contributed by atoms with van der Waals surface area (Å²) in [5, 5.41) is 12.1. The Labute approximate surface area is 162 Å². The molecule has 0 heterocycles. The van der Waals surface area contributed by atoms with Gasteiger partial charge in [-0.2, -0.15) is 13.2 Å². The fourth-order valence-electron chi connectivity index (χ4n) is 2.42. The fraction of sp³-hybridized carbons (Fsp3) is 0.222. The van der Waals surface area contributed by atoms with Crippen LogP contribution in [0.5, 0.6) is 0 Å². The summed E-state index contributed by atoms with van der Waals surface area (Å²) < 4.78 is 38.2. The van der Waals surface area contributed by atoms with Crippen molar-refractivity contribution in [3.05, 3.63) is 69.2 Å². The van der Waals surface area contributed by atoms with Crippen LogP contribution in [-0.2, 0) is 28.6 Å². The quantitative estimate of drug-likeness (QED) is 0.730. The summed E-state index contributed by atoms with van der Waals surface area (Å²) in [6.45, 7) is 0. The maximum Gasteiger partial charge on any atom is 0.416 e. The average Bonchev–Trinajstić information content (AvgIpc) is 2.56. The van der Waals surface area contributed by atoms with E-state index in [0.717, 1.165) is 12.1 Å². The largest absolute Gasteiger partial charge is 0.480 e.